The number of carbonyl (C=O) groups is 2. The van der Waals surface area contributed by atoms with E-state index in [9.17, 15) is 14.7 Å². The Morgan fingerprint density at radius 2 is 1.97 bits per heavy atom. The normalized spacial score (nSPS) is 35.4. The second-order valence-electron chi connectivity index (χ2n) is 10.2. The number of ether oxygens (including phenoxy) is 2. The van der Waals surface area contributed by atoms with E-state index in [2.05, 4.69) is 32.1 Å². The molecule has 0 amide bonds. The molecule has 176 valence electrons. The van der Waals surface area contributed by atoms with E-state index in [1.807, 2.05) is 20.8 Å². The monoisotopic (exact) mass is 435 g/mol. The van der Waals surface area contributed by atoms with Crippen LogP contribution < -0.4 is 11.3 Å². The van der Waals surface area contributed by atoms with Gasteiger partial charge in [-0.3, -0.25) is 9.59 Å². The molecule has 1 aliphatic heterocycles. The van der Waals surface area contributed by atoms with Crippen molar-refractivity contribution in [2.45, 2.75) is 91.5 Å². The van der Waals surface area contributed by atoms with Crippen LogP contribution in [0, 0.1) is 29.1 Å². The summed E-state index contributed by atoms with van der Waals surface area (Å²) in [4.78, 5) is 24.5. The second-order valence-corrected chi connectivity index (χ2v) is 10.2. The Hall–Kier alpha value is -1.66. The summed E-state index contributed by atoms with van der Waals surface area (Å²) in [5.41, 5.74) is 0.765. The number of carbonyl (C=O) groups excluding carboxylic acids is 2. The van der Waals surface area contributed by atoms with Crippen molar-refractivity contribution in [3.05, 3.63) is 23.8 Å². The van der Waals surface area contributed by atoms with Crippen LogP contribution in [0.1, 0.15) is 73.1 Å². The maximum Gasteiger partial charge on any atom is 0.311 e. The first-order chi connectivity index (χ1) is 14.1. The zero-order valence-corrected chi connectivity index (χ0v) is 20.1. The average Bonchev–Trinajstić information content (AvgIpc) is 2.66. The summed E-state index contributed by atoms with van der Waals surface area (Å²) >= 11 is 0. The van der Waals surface area contributed by atoms with Gasteiger partial charge in [0.25, 0.3) is 0 Å². The van der Waals surface area contributed by atoms with E-state index in [1.54, 1.807) is 0 Å². The first-order valence-electron chi connectivity index (χ1n) is 11.6. The third-order valence-corrected chi connectivity index (χ3v) is 7.33. The lowest BCUT2D eigenvalue weighted by Gasteiger charge is -2.44. The molecule has 3 rings (SSSR count). The summed E-state index contributed by atoms with van der Waals surface area (Å²) in [6.07, 6.45) is 8.95. The van der Waals surface area contributed by atoms with Gasteiger partial charge in [-0.25, -0.2) is 0 Å². The third kappa shape index (κ3) is 5.98. The summed E-state index contributed by atoms with van der Waals surface area (Å²) in [5, 5.41) is 11.9. The van der Waals surface area contributed by atoms with E-state index in [-0.39, 0.29) is 42.6 Å². The quantitative estimate of drug-likeness (QED) is 0.624. The first-order valence-corrected chi connectivity index (χ1v) is 11.6. The van der Waals surface area contributed by atoms with Crippen molar-refractivity contribution in [1.29, 1.82) is 0 Å². The second kappa shape index (κ2) is 10.3. The zero-order valence-electron chi connectivity index (χ0n) is 20.1. The van der Waals surface area contributed by atoms with E-state index in [4.69, 9.17) is 9.47 Å². The predicted octanol–water partition coefficient (Wildman–Crippen LogP) is 4.33. The molecule has 0 spiro atoms. The number of quaternary nitrogens is 1. The van der Waals surface area contributed by atoms with Crippen molar-refractivity contribution >= 4 is 11.9 Å². The van der Waals surface area contributed by atoms with Gasteiger partial charge in [-0.15, -0.1) is 6.10 Å². The Balaban J connectivity index is 0.00000341. The molecule has 0 aromatic rings. The number of allylic oxidation sites excluding steroid dienone is 3. The Labute approximate surface area is 187 Å². The molecule has 6 heteroatoms. The van der Waals surface area contributed by atoms with Crippen molar-refractivity contribution in [2.24, 2.45) is 29.1 Å². The number of hydrogen-bond donors (Lipinski definition) is 1. The molecule has 0 saturated carbocycles. The molecule has 7 atom stereocenters. The fourth-order valence-corrected chi connectivity index (χ4v) is 5.06. The van der Waals surface area contributed by atoms with Gasteiger partial charge in [-0.2, -0.15) is 0 Å². The minimum atomic E-state index is -0.851. The summed E-state index contributed by atoms with van der Waals surface area (Å²) in [6.45, 7) is 10.3. The topological polar surface area (TPSA) is 112 Å². The largest absolute Gasteiger partial charge is 0.851 e. The van der Waals surface area contributed by atoms with Gasteiger partial charge in [0, 0.05) is 12.3 Å². The van der Waals surface area contributed by atoms with E-state index < -0.39 is 11.5 Å². The SMILES string of the molecule is CCC(C)(C)C(=O)O[C@H]1C[C@@H](C)C=C2C=C[C@H](C)[C@H](CC[C@@H]3C[C@@H]([O-])CC(=O)O3)[C@H]21.[NH4+]. The van der Waals surface area contributed by atoms with Crippen molar-refractivity contribution < 1.29 is 24.2 Å². The average molecular weight is 436 g/mol. The highest BCUT2D eigenvalue weighted by molar-refractivity contribution is 5.76. The molecule has 0 aromatic carbocycles. The molecule has 0 radical (unpaired) electrons. The molecular weight excluding hydrogens is 394 g/mol. The molecule has 0 bridgehead atoms. The van der Waals surface area contributed by atoms with Crippen LogP contribution in [-0.2, 0) is 19.1 Å². The summed E-state index contributed by atoms with van der Waals surface area (Å²) < 4.78 is 11.6. The highest BCUT2D eigenvalue weighted by Gasteiger charge is 2.43. The van der Waals surface area contributed by atoms with Crippen molar-refractivity contribution in [1.82, 2.24) is 6.15 Å². The Kier molecular flexibility index (Phi) is 8.51. The third-order valence-electron chi connectivity index (χ3n) is 7.33. The minimum absolute atomic E-state index is 0. The highest BCUT2D eigenvalue weighted by Crippen LogP contribution is 2.45. The van der Waals surface area contributed by atoms with Gasteiger partial charge in [-0.05, 0) is 69.3 Å². The van der Waals surface area contributed by atoms with Crippen molar-refractivity contribution in [3.63, 3.8) is 0 Å². The number of cyclic esters (lactones) is 1. The maximum atomic E-state index is 12.9. The molecule has 31 heavy (non-hydrogen) atoms. The minimum Gasteiger partial charge on any atom is -0.851 e. The fraction of sp³-hybridized carbons (Fsp3) is 0.760. The van der Waals surface area contributed by atoms with Crippen LogP contribution in [0.15, 0.2) is 23.8 Å². The van der Waals surface area contributed by atoms with Crippen LogP contribution in [-0.4, -0.2) is 30.3 Å². The van der Waals surface area contributed by atoms with Crippen molar-refractivity contribution in [2.75, 3.05) is 0 Å². The Morgan fingerprint density at radius 3 is 2.61 bits per heavy atom. The molecule has 1 heterocycles. The van der Waals surface area contributed by atoms with Gasteiger partial charge >= 0.3 is 11.9 Å². The lowest BCUT2D eigenvalue weighted by molar-refractivity contribution is -0.427. The van der Waals surface area contributed by atoms with Gasteiger partial charge in [0.15, 0.2) is 0 Å². The van der Waals surface area contributed by atoms with Crippen LogP contribution in [0.25, 0.3) is 0 Å². The van der Waals surface area contributed by atoms with E-state index in [1.165, 1.54) is 5.57 Å². The van der Waals surface area contributed by atoms with E-state index in [0.29, 0.717) is 30.6 Å². The lowest BCUT2D eigenvalue weighted by atomic mass is 9.65. The van der Waals surface area contributed by atoms with E-state index in [0.717, 1.165) is 19.3 Å². The molecule has 1 fully saturated rings. The molecule has 3 aliphatic rings. The van der Waals surface area contributed by atoms with Crippen LogP contribution in [0.3, 0.4) is 0 Å². The predicted molar refractivity (Wildman–Crippen MR) is 119 cm³/mol. The summed E-state index contributed by atoms with van der Waals surface area (Å²) in [7, 11) is 0. The van der Waals surface area contributed by atoms with Crippen molar-refractivity contribution in [3.8, 4) is 0 Å². The number of rotatable bonds is 6. The molecule has 0 aromatic heterocycles. The summed E-state index contributed by atoms with van der Waals surface area (Å²) in [6, 6.07) is 0. The number of esters is 2. The van der Waals surface area contributed by atoms with Crippen LogP contribution in [0.4, 0.5) is 0 Å². The summed E-state index contributed by atoms with van der Waals surface area (Å²) in [5.74, 6) is 0.645. The zero-order chi connectivity index (χ0) is 22.1. The molecular formula is C25H41NO5. The Morgan fingerprint density at radius 1 is 1.26 bits per heavy atom. The van der Waals surface area contributed by atoms with Gasteiger partial charge < -0.3 is 20.7 Å². The van der Waals surface area contributed by atoms with Crippen LogP contribution >= 0.6 is 0 Å². The number of hydrogen-bond acceptors (Lipinski definition) is 5. The van der Waals surface area contributed by atoms with E-state index >= 15 is 0 Å². The fourth-order valence-electron chi connectivity index (χ4n) is 5.06. The van der Waals surface area contributed by atoms with Gasteiger partial charge in [-0.1, -0.05) is 39.0 Å². The number of fused-ring (bicyclic) bond motifs is 1. The highest BCUT2D eigenvalue weighted by atomic mass is 16.6. The molecule has 1 saturated heterocycles. The van der Waals surface area contributed by atoms with Gasteiger partial charge in [0.05, 0.1) is 5.41 Å². The lowest BCUT2D eigenvalue weighted by Crippen LogP contribution is -2.43. The first kappa shape index (κ1) is 25.6. The molecule has 4 N–H and O–H groups in total. The molecule has 0 unspecified atom stereocenters. The van der Waals surface area contributed by atoms with Crippen LogP contribution in [0.5, 0.6) is 0 Å². The maximum absolute atomic E-state index is 12.9. The van der Waals surface area contributed by atoms with Gasteiger partial charge in [0.1, 0.15) is 12.2 Å². The standard InChI is InChI=1S/C25H37O5.H3N/c1-6-25(4,5)24(28)30-21-12-15(2)11-17-8-7-16(3)20(23(17)21)10-9-19-13-18(26)14-22(27)29-19;/h7-8,11,15-16,18-21,23H,6,9-10,12-14H2,1-5H3;1H3/q-1;/p+1/t15-,16-,18+,19+,20-,21-,23-;/m0./s1. The smallest absolute Gasteiger partial charge is 0.311 e. The van der Waals surface area contributed by atoms with Gasteiger partial charge in [0.2, 0.25) is 0 Å². The Bertz CT molecular complexity index is 713. The van der Waals surface area contributed by atoms with Crippen LogP contribution in [0.2, 0.25) is 0 Å². The molecule has 6 nitrogen and oxygen atoms in total. The molecule has 2 aliphatic carbocycles.